The van der Waals surface area contributed by atoms with E-state index in [1.54, 1.807) is 32.4 Å². The minimum absolute atomic E-state index is 0.0339. The first kappa shape index (κ1) is 15.6. The standard InChI is InChI=1S/C16H24N2O3/c1-11-6-4-7-12(10-17)18(11)16(19)13-8-5-9-14(20-2)15(13)21-3/h5,8-9,11-12H,4,6-7,10,17H2,1-3H3. The fourth-order valence-corrected chi connectivity index (χ4v) is 3.08. The fraction of sp³-hybridized carbons (Fsp3) is 0.562. The number of carbonyl (C=O) groups excluding carboxylic acids is 1. The first-order chi connectivity index (χ1) is 10.1. The molecule has 1 aromatic carbocycles. The van der Waals surface area contributed by atoms with Gasteiger partial charge < -0.3 is 20.1 Å². The summed E-state index contributed by atoms with van der Waals surface area (Å²) < 4.78 is 10.7. The Bertz CT molecular complexity index is 504. The number of nitrogens with two attached hydrogens (primary N) is 1. The smallest absolute Gasteiger partial charge is 0.258 e. The second kappa shape index (κ2) is 6.80. The second-order valence-corrected chi connectivity index (χ2v) is 5.42. The Labute approximate surface area is 126 Å². The summed E-state index contributed by atoms with van der Waals surface area (Å²) in [5.74, 6) is 1.02. The van der Waals surface area contributed by atoms with Gasteiger partial charge in [0.05, 0.1) is 19.8 Å². The molecule has 116 valence electrons. The predicted octanol–water partition coefficient (Wildman–Crippen LogP) is 2.05. The molecule has 0 radical (unpaired) electrons. The lowest BCUT2D eigenvalue weighted by molar-refractivity contribution is 0.0490. The van der Waals surface area contributed by atoms with E-state index in [1.165, 1.54) is 0 Å². The number of piperidine rings is 1. The molecule has 21 heavy (non-hydrogen) atoms. The summed E-state index contributed by atoms with van der Waals surface area (Å²) >= 11 is 0. The van der Waals surface area contributed by atoms with E-state index >= 15 is 0 Å². The molecule has 5 nitrogen and oxygen atoms in total. The van der Waals surface area contributed by atoms with Crippen molar-refractivity contribution < 1.29 is 14.3 Å². The molecular weight excluding hydrogens is 268 g/mol. The lowest BCUT2D eigenvalue weighted by atomic mass is 9.95. The van der Waals surface area contributed by atoms with Crippen LogP contribution in [0.5, 0.6) is 11.5 Å². The third kappa shape index (κ3) is 2.97. The highest BCUT2D eigenvalue weighted by Gasteiger charge is 2.33. The number of hydrogen-bond acceptors (Lipinski definition) is 4. The van der Waals surface area contributed by atoms with Crippen LogP contribution in [0.1, 0.15) is 36.5 Å². The highest BCUT2D eigenvalue weighted by molar-refractivity contribution is 5.98. The zero-order valence-corrected chi connectivity index (χ0v) is 13.0. The lowest BCUT2D eigenvalue weighted by Crippen LogP contribution is -2.51. The highest BCUT2D eigenvalue weighted by atomic mass is 16.5. The van der Waals surface area contributed by atoms with Gasteiger partial charge in [-0.05, 0) is 38.3 Å². The molecular formula is C16H24N2O3. The predicted molar refractivity (Wildman–Crippen MR) is 81.9 cm³/mol. The Morgan fingerprint density at radius 3 is 2.71 bits per heavy atom. The number of amides is 1. The van der Waals surface area contributed by atoms with Crippen LogP contribution in [0.3, 0.4) is 0 Å². The Morgan fingerprint density at radius 1 is 1.33 bits per heavy atom. The number of hydrogen-bond donors (Lipinski definition) is 1. The molecule has 1 amide bonds. The minimum atomic E-state index is -0.0339. The molecule has 2 atom stereocenters. The van der Waals surface area contributed by atoms with Gasteiger partial charge in [-0.3, -0.25) is 4.79 Å². The third-order valence-electron chi connectivity index (χ3n) is 4.17. The quantitative estimate of drug-likeness (QED) is 0.922. The molecule has 0 aromatic heterocycles. The van der Waals surface area contributed by atoms with E-state index in [1.807, 2.05) is 4.90 Å². The molecule has 2 rings (SSSR count). The van der Waals surface area contributed by atoms with Gasteiger partial charge in [-0.1, -0.05) is 6.07 Å². The van der Waals surface area contributed by atoms with Crippen molar-refractivity contribution in [2.75, 3.05) is 20.8 Å². The van der Waals surface area contributed by atoms with Gasteiger partial charge in [0.15, 0.2) is 11.5 Å². The molecule has 1 saturated heterocycles. The van der Waals surface area contributed by atoms with E-state index < -0.39 is 0 Å². The van der Waals surface area contributed by atoms with Crippen LogP contribution in [0.15, 0.2) is 18.2 Å². The van der Waals surface area contributed by atoms with Crippen LogP contribution in [0.4, 0.5) is 0 Å². The normalized spacial score (nSPS) is 22.0. The maximum absolute atomic E-state index is 13.0. The number of carbonyl (C=O) groups is 1. The minimum Gasteiger partial charge on any atom is -0.493 e. The summed E-state index contributed by atoms with van der Waals surface area (Å²) in [6, 6.07) is 5.66. The van der Waals surface area contributed by atoms with Crippen LogP contribution in [0.2, 0.25) is 0 Å². The van der Waals surface area contributed by atoms with Crippen molar-refractivity contribution in [2.24, 2.45) is 5.73 Å². The maximum Gasteiger partial charge on any atom is 0.258 e. The van der Waals surface area contributed by atoms with E-state index in [-0.39, 0.29) is 18.0 Å². The number of nitrogens with zero attached hydrogens (tertiary/aromatic N) is 1. The molecule has 2 unspecified atom stereocenters. The van der Waals surface area contributed by atoms with E-state index in [9.17, 15) is 4.79 Å². The van der Waals surface area contributed by atoms with Crippen molar-refractivity contribution >= 4 is 5.91 Å². The highest BCUT2D eigenvalue weighted by Crippen LogP contribution is 2.33. The zero-order chi connectivity index (χ0) is 15.4. The summed E-state index contributed by atoms with van der Waals surface area (Å²) in [4.78, 5) is 14.9. The van der Waals surface area contributed by atoms with Crippen molar-refractivity contribution in [2.45, 2.75) is 38.3 Å². The largest absolute Gasteiger partial charge is 0.493 e. The Balaban J connectivity index is 2.38. The number of para-hydroxylation sites is 1. The average molecular weight is 292 g/mol. The summed E-state index contributed by atoms with van der Waals surface area (Å²) in [6.45, 7) is 2.56. The first-order valence-electron chi connectivity index (χ1n) is 7.37. The number of ether oxygens (including phenoxy) is 2. The molecule has 0 bridgehead atoms. The average Bonchev–Trinajstić information content (AvgIpc) is 2.52. The van der Waals surface area contributed by atoms with Gasteiger partial charge in [-0.25, -0.2) is 0 Å². The molecule has 1 aliphatic heterocycles. The van der Waals surface area contributed by atoms with Gasteiger partial charge in [-0.15, -0.1) is 0 Å². The van der Waals surface area contributed by atoms with Crippen molar-refractivity contribution in [1.82, 2.24) is 4.90 Å². The summed E-state index contributed by atoms with van der Waals surface area (Å²) in [5, 5.41) is 0. The van der Waals surface area contributed by atoms with Crippen LogP contribution in [0, 0.1) is 0 Å². The molecule has 2 N–H and O–H groups in total. The molecule has 1 aliphatic rings. The zero-order valence-electron chi connectivity index (χ0n) is 13.0. The van der Waals surface area contributed by atoms with Gasteiger partial charge in [0.25, 0.3) is 5.91 Å². The van der Waals surface area contributed by atoms with Crippen molar-refractivity contribution in [3.63, 3.8) is 0 Å². The fourth-order valence-electron chi connectivity index (χ4n) is 3.08. The van der Waals surface area contributed by atoms with Crippen LogP contribution in [-0.2, 0) is 0 Å². The Morgan fingerprint density at radius 2 is 2.10 bits per heavy atom. The molecule has 1 fully saturated rings. The van der Waals surface area contributed by atoms with Crippen LogP contribution < -0.4 is 15.2 Å². The third-order valence-corrected chi connectivity index (χ3v) is 4.17. The molecule has 0 saturated carbocycles. The van der Waals surface area contributed by atoms with Gasteiger partial charge in [0, 0.05) is 18.6 Å². The Kier molecular flexibility index (Phi) is 5.07. The van der Waals surface area contributed by atoms with Crippen LogP contribution in [0.25, 0.3) is 0 Å². The monoisotopic (exact) mass is 292 g/mol. The summed E-state index contributed by atoms with van der Waals surface area (Å²) in [7, 11) is 3.12. The van der Waals surface area contributed by atoms with Gasteiger partial charge in [0.2, 0.25) is 0 Å². The SMILES string of the molecule is COc1cccc(C(=O)N2C(C)CCCC2CN)c1OC. The molecule has 1 aromatic rings. The second-order valence-electron chi connectivity index (χ2n) is 5.42. The molecule has 0 spiro atoms. The summed E-state index contributed by atoms with van der Waals surface area (Å²) in [6.07, 6.45) is 3.08. The van der Waals surface area contributed by atoms with Gasteiger partial charge in [0.1, 0.15) is 0 Å². The van der Waals surface area contributed by atoms with Crippen molar-refractivity contribution in [1.29, 1.82) is 0 Å². The lowest BCUT2D eigenvalue weighted by Gasteiger charge is -2.40. The van der Waals surface area contributed by atoms with E-state index in [0.717, 1.165) is 19.3 Å². The topological polar surface area (TPSA) is 64.8 Å². The maximum atomic E-state index is 13.0. The first-order valence-corrected chi connectivity index (χ1v) is 7.37. The Hall–Kier alpha value is -1.75. The van der Waals surface area contributed by atoms with Crippen LogP contribution in [-0.4, -0.2) is 43.7 Å². The number of benzene rings is 1. The van der Waals surface area contributed by atoms with Gasteiger partial charge in [-0.2, -0.15) is 0 Å². The van der Waals surface area contributed by atoms with Gasteiger partial charge >= 0.3 is 0 Å². The van der Waals surface area contributed by atoms with E-state index in [2.05, 4.69) is 6.92 Å². The molecule has 1 heterocycles. The van der Waals surface area contributed by atoms with Crippen molar-refractivity contribution in [3.8, 4) is 11.5 Å². The van der Waals surface area contributed by atoms with E-state index in [0.29, 0.717) is 23.6 Å². The van der Waals surface area contributed by atoms with E-state index in [4.69, 9.17) is 15.2 Å². The number of likely N-dealkylation sites (tertiary alicyclic amines) is 1. The van der Waals surface area contributed by atoms with Crippen LogP contribution >= 0.6 is 0 Å². The molecule has 0 aliphatic carbocycles. The number of methoxy groups -OCH3 is 2. The summed E-state index contributed by atoms with van der Waals surface area (Å²) in [5.41, 5.74) is 6.38. The number of rotatable bonds is 4. The molecule has 5 heteroatoms. The van der Waals surface area contributed by atoms with Crippen molar-refractivity contribution in [3.05, 3.63) is 23.8 Å².